The molecule has 0 aliphatic heterocycles. The molecular weight excluding hydrogens is 1260 g/mol. The van der Waals surface area contributed by atoms with E-state index >= 15 is 0 Å². The fourth-order valence-electron chi connectivity index (χ4n) is 12.8. The molecule has 3 unspecified atom stereocenters. The Morgan fingerprint density at radius 1 is 0.340 bits per heavy atom. The zero-order valence-corrected chi connectivity index (χ0v) is 68.9. The lowest BCUT2D eigenvalue weighted by molar-refractivity contribution is -0.0430. The van der Waals surface area contributed by atoms with Crippen molar-refractivity contribution in [2.75, 3.05) is 51.1 Å². The zero-order chi connectivity index (χ0) is 73.7. The van der Waals surface area contributed by atoms with Crippen LogP contribution in [0.1, 0.15) is 370 Å². The van der Waals surface area contributed by atoms with Gasteiger partial charge in [-0.1, -0.05) is 348 Å². The van der Waals surface area contributed by atoms with Gasteiger partial charge in [0, 0.05) is 55.2 Å². The molecule has 0 aromatic heterocycles. The molecule has 0 saturated heterocycles. The van der Waals surface area contributed by atoms with E-state index in [4.69, 9.17) is 23.7 Å². The predicted molar refractivity (Wildman–Crippen MR) is 433 cm³/mol. The Morgan fingerprint density at radius 2 is 0.660 bits per heavy atom. The van der Waals surface area contributed by atoms with Crippen LogP contribution in [0.15, 0.2) is 84.9 Å². The molecule has 0 aliphatic carbocycles. The quantitative estimate of drug-likeness (QED) is 0.0525. The van der Waals surface area contributed by atoms with E-state index in [1.165, 1.54) is 215 Å². The molecule has 9 heteroatoms. The van der Waals surface area contributed by atoms with Gasteiger partial charge in [0.1, 0.15) is 0 Å². The van der Waals surface area contributed by atoms with E-state index in [9.17, 15) is 13.0 Å². The van der Waals surface area contributed by atoms with Gasteiger partial charge in [-0.05, 0) is 141 Å². The molecule has 0 amide bonds. The third-order valence-corrected chi connectivity index (χ3v) is 20.1. The Labute approximate surface area is 621 Å². The highest BCUT2D eigenvalue weighted by molar-refractivity contribution is 7.84. The SMILES string of the molecule is CC(C)(C)CCCCCCCCCCCOCCCCCCC(C)(F)F.CC(C)CCCCCCCCCCCCS(=O)CCCOCC(CC(C)(C)C)OCc1ccccc1.CC(C)CCCCCCCCc1cccc(CCCCCOCC(CC(C)(C)C)OCc2ccccc2)c1. The number of halogens is 2. The Kier molecular flexibility index (Phi) is 59.8. The maximum Gasteiger partial charge on any atom is 0.245 e. The first-order valence-electron chi connectivity index (χ1n) is 41.6. The maximum atomic E-state index is 12.6. The van der Waals surface area contributed by atoms with Gasteiger partial charge in [0.25, 0.3) is 0 Å². The van der Waals surface area contributed by atoms with Crippen molar-refractivity contribution >= 4 is 10.8 Å². The van der Waals surface area contributed by atoms with Crippen LogP contribution in [0, 0.1) is 28.1 Å². The number of rotatable bonds is 62. The maximum absolute atomic E-state index is 12.6. The Hall–Kier alpha value is -2.53. The van der Waals surface area contributed by atoms with Crippen LogP contribution >= 0.6 is 0 Å². The van der Waals surface area contributed by atoms with Crippen molar-refractivity contribution in [1.29, 1.82) is 0 Å². The van der Waals surface area contributed by atoms with Crippen LogP contribution < -0.4 is 0 Å². The van der Waals surface area contributed by atoms with E-state index in [1.807, 2.05) is 24.3 Å². The average molecular weight is 1420 g/mol. The largest absolute Gasteiger partial charge is 0.381 e. The molecule has 3 aromatic carbocycles. The van der Waals surface area contributed by atoms with E-state index in [1.54, 1.807) is 0 Å². The monoisotopic (exact) mass is 1420 g/mol. The summed E-state index contributed by atoms with van der Waals surface area (Å²) in [4.78, 5) is 0. The second-order valence-electron chi connectivity index (χ2n) is 34.5. The molecule has 0 saturated carbocycles. The van der Waals surface area contributed by atoms with Crippen LogP contribution in [0.25, 0.3) is 0 Å². The molecular formula is C91H162F2O6S. The van der Waals surface area contributed by atoms with Crippen molar-refractivity contribution in [3.8, 4) is 0 Å². The first kappa shape index (κ1) is 95.5. The molecule has 6 nitrogen and oxygen atoms in total. The summed E-state index contributed by atoms with van der Waals surface area (Å²) in [6.45, 7) is 36.5. The van der Waals surface area contributed by atoms with Crippen molar-refractivity contribution in [2.45, 2.75) is 392 Å². The van der Waals surface area contributed by atoms with Crippen LogP contribution in [0.2, 0.25) is 0 Å². The number of alkyl halides is 2. The second kappa shape index (κ2) is 62.6. The number of benzene rings is 3. The fraction of sp³-hybridized carbons (Fsp3) is 0.802. The van der Waals surface area contributed by atoms with Crippen LogP contribution in [0.5, 0.6) is 0 Å². The van der Waals surface area contributed by atoms with Gasteiger partial charge >= 0.3 is 0 Å². The van der Waals surface area contributed by atoms with Gasteiger partial charge in [0.15, 0.2) is 0 Å². The first-order valence-corrected chi connectivity index (χ1v) is 43.1. The highest BCUT2D eigenvalue weighted by Gasteiger charge is 2.22. The first-order chi connectivity index (χ1) is 47.8. The molecule has 3 rings (SSSR count). The molecule has 100 heavy (non-hydrogen) atoms. The van der Waals surface area contributed by atoms with Crippen molar-refractivity contribution in [1.82, 2.24) is 0 Å². The molecule has 0 N–H and O–H groups in total. The molecule has 582 valence electrons. The second-order valence-corrected chi connectivity index (χ2v) is 36.2. The minimum atomic E-state index is -2.50. The molecule has 0 bridgehead atoms. The van der Waals surface area contributed by atoms with Crippen molar-refractivity contribution in [3.05, 3.63) is 107 Å². The minimum absolute atomic E-state index is 0.0186. The van der Waals surface area contributed by atoms with Crippen LogP contribution in [0.4, 0.5) is 8.78 Å². The molecule has 0 fully saturated rings. The third-order valence-electron chi connectivity index (χ3n) is 18.6. The van der Waals surface area contributed by atoms with Gasteiger partial charge in [-0.15, -0.1) is 0 Å². The molecule has 0 heterocycles. The van der Waals surface area contributed by atoms with Crippen molar-refractivity contribution in [2.24, 2.45) is 28.1 Å². The Bertz CT molecular complexity index is 2200. The summed E-state index contributed by atoms with van der Waals surface area (Å²) in [5.74, 6) is 0.823. The summed E-state index contributed by atoms with van der Waals surface area (Å²) >= 11 is 0. The van der Waals surface area contributed by atoms with Gasteiger partial charge in [-0.25, -0.2) is 8.78 Å². The number of hydrogen-bond donors (Lipinski definition) is 0. The van der Waals surface area contributed by atoms with Gasteiger partial charge in [0.05, 0.1) is 38.6 Å². The average Bonchev–Trinajstić information content (AvgIpc) is 0.966. The van der Waals surface area contributed by atoms with Gasteiger partial charge in [0.2, 0.25) is 5.92 Å². The van der Waals surface area contributed by atoms with E-state index in [2.05, 4.69) is 151 Å². The highest BCUT2D eigenvalue weighted by Crippen LogP contribution is 2.27. The van der Waals surface area contributed by atoms with Gasteiger partial charge in [-0.2, -0.15) is 0 Å². The summed E-state index contributed by atoms with van der Waals surface area (Å²) < 4.78 is 67.6. The predicted octanol–water partition coefficient (Wildman–Crippen LogP) is 28.0. The normalized spacial score (nSPS) is 13.1. The number of ether oxygens (including phenoxy) is 5. The van der Waals surface area contributed by atoms with E-state index in [0.29, 0.717) is 44.9 Å². The number of unbranched alkanes of at least 4 members (excludes halogenated alkanes) is 27. The van der Waals surface area contributed by atoms with E-state index < -0.39 is 16.7 Å². The minimum Gasteiger partial charge on any atom is -0.381 e. The lowest BCUT2D eigenvalue weighted by Gasteiger charge is -2.26. The summed E-state index contributed by atoms with van der Waals surface area (Å²) in [5.41, 5.74) is 6.35. The van der Waals surface area contributed by atoms with Crippen molar-refractivity contribution in [3.63, 3.8) is 0 Å². The molecule has 0 aliphatic rings. The Morgan fingerprint density at radius 3 is 1.05 bits per heavy atom. The summed E-state index contributed by atoms with van der Waals surface area (Å²) in [6, 6.07) is 30.1. The lowest BCUT2D eigenvalue weighted by Crippen LogP contribution is -2.26. The molecule has 0 spiro atoms. The van der Waals surface area contributed by atoms with E-state index in [-0.39, 0.29) is 29.5 Å². The molecule has 3 atom stereocenters. The lowest BCUT2D eigenvalue weighted by atomic mass is 9.89. The standard InChI is InChI=1S/C36H58O2.C32H58O3S.C23H46F2O/c1-31(2)19-12-8-6-7-9-13-20-32-24-18-25-33(27-32)21-16-11-17-26-37-30-35(28-36(3,4)5)38-29-34-22-14-10-15-23-34;1-29(2)20-15-12-10-8-6-7-9-11-13-18-24-36(33)25-19-23-34-28-31(26-32(3,4)5)35-27-30-21-16-14-17-22-30;1-22(2,3)18-14-10-8-6-5-7-9-12-16-20-26-21-17-13-11-15-19-23(4,24)25/h10,14-15,18,22-25,27,31,35H,6-9,11-13,16-17,19-21,26,28-30H2,1-5H3;14,16-17,21-22,29,31H,6-13,15,18-20,23-28H2,1-5H3;5-21H2,1-4H3. The molecule has 0 radical (unpaired) electrons. The number of hydrogen-bond acceptors (Lipinski definition) is 6. The fourth-order valence-corrected chi connectivity index (χ4v) is 14.0. The summed E-state index contributed by atoms with van der Waals surface area (Å²) in [7, 11) is -0.707. The van der Waals surface area contributed by atoms with E-state index in [0.717, 1.165) is 108 Å². The summed E-state index contributed by atoms with van der Waals surface area (Å²) in [5, 5.41) is 0. The van der Waals surface area contributed by atoms with Crippen molar-refractivity contribution < 1.29 is 36.7 Å². The van der Waals surface area contributed by atoms with Gasteiger partial charge < -0.3 is 23.7 Å². The summed E-state index contributed by atoms with van der Waals surface area (Å²) in [6.07, 6.45) is 50.5. The highest BCUT2D eigenvalue weighted by atomic mass is 32.2. The van der Waals surface area contributed by atoms with Gasteiger partial charge in [-0.3, -0.25) is 4.21 Å². The van der Waals surface area contributed by atoms with Crippen LogP contribution in [-0.2, 0) is 60.5 Å². The van der Waals surface area contributed by atoms with Crippen LogP contribution in [0.3, 0.4) is 0 Å². The smallest absolute Gasteiger partial charge is 0.245 e. The third kappa shape index (κ3) is 69.8. The zero-order valence-electron chi connectivity index (χ0n) is 68.1. The van der Waals surface area contributed by atoms with Crippen LogP contribution in [-0.4, -0.2) is 73.5 Å². The topological polar surface area (TPSA) is 63.2 Å². The Balaban J connectivity index is 0.000000765. The molecule has 3 aromatic rings. The number of aryl methyl sites for hydroxylation is 2.